The normalized spacial score (nSPS) is 17.5. The second kappa shape index (κ2) is 8.64. The minimum Gasteiger partial charge on any atom is -0.480 e. The zero-order chi connectivity index (χ0) is 19.3. The molecule has 1 aliphatic rings. The monoisotopic (exact) mass is 382 g/mol. The fourth-order valence-electron chi connectivity index (χ4n) is 2.97. The Hall–Kier alpha value is -1.93. The van der Waals surface area contributed by atoms with Gasteiger partial charge in [-0.05, 0) is 37.0 Å². The van der Waals surface area contributed by atoms with Gasteiger partial charge >= 0.3 is 5.97 Å². The van der Waals surface area contributed by atoms with Gasteiger partial charge in [-0.3, -0.25) is 4.79 Å². The van der Waals surface area contributed by atoms with Crippen LogP contribution in [-0.4, -0.2) is 48.8 Å². The Morgan fingerprint density at radius 3 is 2.27 bits per heavy atom. The highest BCUT2D eigenvalue weighted by Gasteiger charge is 2.27. The molecule has 2 N–H and O–H groups in total. The van der Waals surface area contributed by atoms with Crippen LogP contribution in [0.4, 0.5) is 0 Å². The van der Waals surface area contributed by atoms with Crippen molar-refractivity contribution in [2.24, 2.45) is 5.92 Å². The lowest BCUT2D eigenvalue weighted by atomic mass is 10.0. The second-order valence-electron chi connectivity index (χ2n) is 6.88. The summed E-state index contributed by atoms with van der Waals surface area (Å²) in [5.74, 6) is -2.01. The van der Waals surface area contributed by atoms with E-state index in [-0.39, 0.29) is 16.4 Å². The Kier molecular flexibility index (Phi) is 6.77. The number of rotatable bonds is 6. The molecule has 7 nitrogen and oxygen atoms in total. The molecule has 1 saturated heterocycles. The number of amides is 1. The highest BCUT2D eigenvalue weighted by Crippen LogP contribution is 2.21. The van der Waals surface area contributed by atoms with Gasteiger partial charge in [0.2, 0.25) is 10.0 Å². The molecule has 1 aromatic rings. The molecule has 1 heterocycles. The van der Waals surface area contributed by atoms with Crippen molar-refractivity contribution in [1.82, 2.24) is 9.62 Å². The number of nitrogens with one attached hydrogen (secondary N) is 1. The predicted molar refractivity (Wildman–Crippen MR) is 97.4 cm³/mol. The van der Waals surface area contributed by atoms with E-state index in [1.807, 2.05) is 0 Å². The third kappa shape index (κ3) is 4.82. The molecule has 1 aromatic carbocycles. The van der Waals surface area contributed by atoms with Crippen LogP contribution in [-0.2, 0) is 14.8 Å². The lowest BCUT2D eigenvalue weighted by Crippen LogP contribution is -2.44. The topological polar surface area (TPSA) is 104 Å². The van der Waals surface area contributed by atoms with Crippen molar-refractivity contribution in [2.75, 3.05) is 13.1 Å². The van der Waals surface area contributed by atoms with Crippen LogP contribution in [0.2, 0.25) is 0 Å². The van der Waals surface area contributed by atoms with E-state index in [9.17, 15) is 23.1 Å². The Labute approximate surface area is 154 Å². The number of hydrogen-bond donors (Lipinski definition) is 2. The number of carboxylic acid groups (broad SMARTS) is 1. The number of carboxylic acids is 1. The van der Waals surface area contributed by atoms with Crippen LogP contribution in [0.5, 0.6) is 0 Å². The smallest absolute Gasteiger partial charge is 0.326 e. The van der Waals surface area contributed by atoms with Gasteiger partial charge in [-0.25, -0.2) is 13.2 Å². The van der Waals surface area contributed by atoms with Crippen LogP contribution in [0.15, 0.2) is 29.2 Å². The first-order valence-electron chi connectivity index (χ1n) is 8.87. The van der Waals surface area contributed by atoms with Gasteiger partial charge in [0.15, 0.2) is 0 Å². The summed E-state index contributed by atoms with van der Waals surface area (Å²) in [6, 6.07) is 4.73. The van der Waals surface area contributed by atoms with Crippen LogP contribution >= 0.6 is 0 Å². The highest BCUT2D eigenvalue weighted by molar-refractivity contribution is 7.89. The van der Waals surface area contributed by atoms with Crippen LogP contribution < -0.4 is 5.32 Å². The molecule has 1 atom stereocenters. The number of nitrogens with zero attached hydrogens (tertiary/aromatic N) is 1. The van der Waals surface area contributed by atoms with Gasteiger partial charge in [-0.15, -0.1) is 0 Å². The van der Waals surface area contributed by atoms with Gasteiger partial charge in [0.25, 0.3) is 5.91 Å². The lowest BCUT2D eigenvalue weighted by molar-refractivity contribution is -0.140. The summed E-state index contributed by atoms with van der Waals surface area (Å²) in [7, 11) is -3.67. The molecule has 0 aliphatic carbocycles. The largest absolute Gasteiger partial charge is 0.480 e. The van der Waals surface area contributed by atoms with E-state index in [0.29, 0.717) is 13.1 Å². The summed E-state index contributed by atoms with van der Waals surface area (Å²) in [5.41, 5.74) is 0.132. The molecular weight excluding hydrogens is 356 g/mol. The summed E-state index contributed by atoms with van der Waals surface area (Å²) in [6.07, 6.45) is 3.68. The van der Waals surface area contributed by atoms with E-state index < -0.39 is 27.9 Å². The van der Waals surface area contributed by atoms with E-state index in [1.165, 1.54) is 28.6 Å². The van der Waals surface area contributed by atoms with Crippen molar-refractivity contribution >= 4 is 21.9 Å². The summed E-state index contributed by atoms with van der Waals surface area (Å²) < 4.78 is 27.2. The van der Waals surface area contributed by atoms with E-state index in [1.54, 1.807) is 13.8 Å². The molecule has 0 aromatic heterocycles. The van der Waals surface area contributed by atoms with Crippen molar-refractivity contribution in [2.45, 2.75) is 50.5 Å². The summed E-state index contributed by atoms with van der Waals surface area (Å²) in [4.78, 5) is 23.7. The van der Waals surface area contributed by atoms with E-state index >= 15 is 0 Å². The molecule has 1 amide bonds. The number of benzene rings is 1. The average Bonchev–Trinajstić information content (AvgIpc) is 2.89. The van der Waals surface area contributed by atoms with Gasteiger partial charge < -0.3 is 10.4 Å². The van der Waals surface area contributed by atoms with Crippen molar-refractivity contribution in [3.05, 3.63) is 29.8 Å². The van der Waals surface area contributed by atoms with Crippen LogP contribution in [0.25, 0.3) is 0 Å². The van der Waals surface area contributed by atoms with Crippen LogP contribution in [0.3, 0.4) is 0 Å². The van der Waals surface area contributed by atoms with Crippen molar-refractivity contribution in [1.29, 1.82) is 0 Å². The Bertz CT molecular complexity index is 753. The zero-order valence-corrected chi connectivity index (χ0v) is 16.0. The van der Waals surface area contributed by atoms with Crippen LogP contribution in [0.1, 0.15) is 49.9 Å². The first-order chi connectivity index (χ1) is 12.2. The number of aliphatic carboxylic acids is 1. The molecule has 0 radical (unpaired) electrons. The molecule has 1 aliphatic heterocycles. The maximum Gasteiger partial charge on any atom is 0.326 e. The Morgan fingerprint density at radius 2 is 1.73 bits per heavy atom. The number of carbonyl (C=O) groups excluding carboxylic acids is 1. The van der Waals surface area contributed by atoms with Crippen molar-refractivity contribution in [3.63, 3.8) is 0 Å². The maximum absolute atomic E-state index is 12.9. The van der Waals surface area contributed by atoms with Gasteiger partial charge in [-0.2, -0.15) is 4.31 Å². The summed E-state index contributed by atoms with van der Waals surface area (Å²) in [5, 5.41) is 11.7. The lowest BCUT2D eigenvalue weighted by Gasteiger charge is -2.21. The number of hydrogen-bond acceptors (Lipinski definition) is 4. The molecule has 2 rings (SSSR count). The molecule has 0 bridgehead atoms. The fourth-order valence-corrected chi connectivity index (χ4v) is 4.53. The number of carbonyl (C=O) groups is 2. The zero-order valence-electron chi connectivity index (χ0n) is 15.1. The maximum atomic E-state index is 12.9. The molecule has 0 spiro atoms. The van der Waals surface area contributed by atoms with E-state index in [2.05, 4.69) is 5.32 Å². The molecule has 1 fully saturated rings. The first-order valence-corrected chi connectivity index (χ1v) is 10.3. The standard InChI is InChI=1S/C18H26N2O5S/c1-13(2)16(18(22)23)19-17(21)14-8-7-9-15(12-14)26(24,25)20-10-5-3-4-6-11-20/h7-9,12-13,16H,3-6,10-11H2,1-2H3,(H,19,21)(H,22,23)/t16-/m0/s1. The number of sulfonamides is 1. The molecular formula is C18H26N2O5S. The Morgan fingerprint density at radius 1 is 1.12 bits per heavy atom. The van der Waals surface area contributed by atoms with Crippen LogP contribution in [0, 0.1) is 5.92 Å². The SMILES string of the molecule is CC(C)[C@H](NC(=O)c1cccc(S(=O)(=O)N2CCCCCC2)c1)C(=O)O. The van der Waals surface area contributed by atoms with E-state index in [4.69, 9.17) is 0 Å². The fraction of sp³-hybridized carbons (Fsp3) is 0.556. The summed E-state index contributed by atoms with van der Waals surface area (Å²) in [6.45, 7) is 4.35. The quantitative estimate of drug-likeness (QED) is 0.784. The van der Waals surface area contributed by atoms with Gasteiger partial charge in [0.05, 0.1) is 4.90 Å². The highest BCUT2D eigenvalue weighted by atomic mass is 32.2. The van der Waals surface area contributed by atoms with E-state index in [0.717, 1.165) is 25.7 Å². The first kappa shape index (κ1) is 20.4. The predicted octanol–water partition coefficient (Wildman–Crippen LogP) is 2.09. The van der Waals surface area contributed by atoms with Crippen molar-refractivity contribution < 1.29 is 23.1 Å². The molecule has 26 heavy (non-hydrogen) atoms. The third-order valence-electron chi connectivity index (χ3n) is 4.52. The molecule has 144 valence electrons. The van der Waals surface area contributed by atoms with Gasteiger partial charge in [-0.1, -0.05) is 32.8 Å². The molecule has 0 saturated carbocycles. The second-order valence-corrected chi connectivity index (χ2v) is 8.82. The minimum atomic E-state index is -3.67. The Balaban J connectivity index is 2.23. The van der Waals surface area contributed by atoms with Gasteiger partial charge in [0, 0.05) is 18.7 Å². The third-order valence-corrected chi connectivity index (χ3v) is 6.41. The van der Waals surface area contributed by atoms with Gasteiger partial charge in [0.1, 0.15) is 6.04 Å². The molecule has 8 heteroatoms. The summed E-state index contributed by atoms with van der Waals surface area (Å²) >= 11 is 0. The minimum absolute atomic E-state index is 0.0588. The molecule has 0 unspecified atom stereocenters. The van der Waals surface area contributed by atoms with Crippen molar-refractivity contribution in [3.8, 4) is 0 Å². The average molecular weight is 382 g/mol.